The molecule has 0 unspecified atom stereocenters. The molecular weight excluding hydrogens is 263 g/mol. The van der Waals surface area contributed by atoms with Crippen molar-refractivity contribution in [3.05, 3.63) is 58.9 Å². The Morgan fingerprint density at radius 1 is 0.905 bits per heavy atom. The first-order chi connectivity index (χ1) is 9.70. The smallest absolute Gasteiger partial charge is 0.168 e. The molecule has 2 aromatic rings. The summed E-state index contributed by atoms with van der Waals surface area (Å²) in [6, 6.07) is 10.6. The van der Waals surface area contributed by atoms with E-state index in [1.54, 1.807) is 12.1 Å². The van der Waals surface area contributed by atoms with Gasteiger partial charge in [0.05, 0.1) is 0 Å². The van der Waals surface area contributed by atoms with Gasteiger partial charge in [0.2, 0.25) is 0 Å². The molecule has 0 saturated carbocycles. The maximum atomic E-state index is 14.2. The lowest BCUT2D eigenvalue weighted by atomic mass is 9.82. The van der Waals surface area contributed by atoms with Crippen molar-refractivity contribution in [1.29, 1.82) is 0 Å². The third-order valence-corrected chi connectivity index (χ3v) is 3.51. The fourth-order valence-corrected chi connectivity index (χ4v) is 2.33. The van der Waals surface area contributed by atoms with Crippen LogP contribution >= 0.6 is 0 Å². The molecule has 0 atom stereocenters. The van der Waals surface area contributed by atoms with E-state index in [9.17, 15) is 9.18 Å². The minimum Gasteiger partial charge on any atom is -0.294 e. The molecule has 0 aliphatic carbocycles. The van der Waals surface area contributed by atoms with E-state index in [1.165, 1.54) is 6.07 Å². The van der Waals surface area contributed by atoms with E-state index in [0.29, 0.717) is 16.7 Å². The minimum atomic E-state index is -0.497. The van der Waals surface area contributed by atoms with Gasteiger partial charge in [-0.3, -0.25) is 4.79 Å². The Hall–Kier alpha value is -1.96. The summed E-state index contributed by atoms with van der Waals surface area (Å²) in [4.78, 5) is 12.7. The monoisotopic (exact) mass is 284 g/mol. The Labute approximate surface area is 125 Å². The summed E-state index contributed by atoms with van der Waals surface area (Å²) >= 11 is 0. The van der Waals surface area contributed by atoms with Crippen molar-refractivity contribution in [3.63, 3.8) is 0 Å². The number of hydrogen-bond acceptors (Lipinski definition) is 1. The normalized spacial score (nSPS) is 11.5. The van der Waals surface area contributed by atoms with Gasteiger partial charge < -0.3 is 0 Å². The van der Waals surface area contributed by atoms with E-state index < -0.39 is 5.41 Å². The molecule has 1 nitrogen and oxygen atoms in total. The van der Waals surface area contributed by atoms with Crippen LogP contribution in [0.15, 0.2) is 36.4 Å². The van der Waals surface area contributed by atoms with Crippen molar-refractivity contribution < 1.29 is 9.18 Å². The van der Waals surface area contributed by atoms with Gasteiger partial charge in [-0.2, -0.15) is 0 Å². The summed E-state index contributed by atoms with van der Waals surface area (Å²) in [6.07, 6.45) is 0. The lowest BCUT2D eigenvalue weighted by Gasteiger charge is -2.20. The molecule has 2 aromatic carbocycles. The Kier molecular flexibility index (Phi) is 3.99. The molecule has 0 N–H and O–H groups in total. The van der Waals surface area contributed by atoms with Gasteiger partial charge in [0.15, 0.2) is 5.78 Å². The van der Waals surface area contributed by atoms with Crippen LogP contribution in [0, 0.1) is 25.1 Å². The molecule has 21 heavy (non-hydrogen) atoms. The predicted octanol–water partition coefficient (Wildman–Crippen LogP) is 5.34. The van der Waals surface area contributed by atoms with E-state index >= 15 is 0 Å². The highest BCUT2D eigenvalue weighted by Crippen LogP contribution is 2.32. The van der Waals surface area contributed by atoms with Crippen LogP contribution in [-0.4, -0.2) is 5.78 Å². The molecule has 2 heteroatoms. The zero-order valence-electron chi connectivity index (χ0n) is 13.3. The molecule has 0 heterocycles. The Morgan fingerprint density at radius 3 is 2.10 bits per heavy atom. The van der Waals surface area contributed by atoms with Crippen LogP contribution in [0.2, 0.25) is 0 Å². The van der Waals surface area contributed by atoms with E-state index in [4.69, 9.17) is 0 Å². The van der Waals surface area contributed by atoms with E-state index in [2.05, 4.69) is 0 Å². The first kappa shape index (κ1) is 15.4. The van der Waals surface area contributed by atoms with Gasteiger partial charge in [-0.1, -0.05) is 50.1 Å². The van der Waals surface area contributed by atoms with Gasteiger partial charge in [0.25, 0.3) is 0 Å². The number of aryl methyl sites for hydroxylation is 2. The first-order valence-corrected chi connectivity index (χ1v) is 7.12. The molecule has 0 spiro atoms. The quantitative estimate of drug-likeness (QED) is 0.680. The topological polar surface area (TPSA) is 17.1 Å². The van der Waals surface area contributed by atoms with Crippen molar-refractivity contribution in [2.45, 2.75) is 34.6 Å². The van der Waals surface area contributed by atoms with Crippen LogP contribution in [0.25, 0.3) is 11.1 Å². The molecule has 2 rings (SSSR count). The summed E-state index contributed by atoms with van der Waals surface area (Å²) in [6.45, 7) is 9.51. The predicted molar refractivity (Wildman–Crippen MR) is 85.1 cm³/mol. The molecule has 0 aliphatic heterocycles. The van der Waals surface area contributed by atoms with Gasteiger partial charge in [0, 0.05) is 16.5 Å². The fourth-order valence-electron chi connectivity index (χ4n) is 2.33. The Morgan fingerprint density at radius 2 is 1.48 bits per heavy atom. The van der Waals surface area contributed by atoms with Crippen molar-refractivity contribution >= 4 is 5.78 Å². The van der Waals surface area contributed by atoms with Gasteiger partial charge in [-0.05, 0) is 37.6 Å². The average molecular weight is 284 g/mol. The highest BCUT2D eigenvalue weighted by atomic mass is 19.1. The van der Waals surface area contributed by atoms with Crippen LogP contribution in [-0.2, 0) is 0 Å². The van der Waals surface area contributed by atoms with Gasteiger partial charge >= 0.3 is 0 Å². The van der Waals surface area contributed by atoms with Gasteiger partial charge in [-0.25, -0.2) is 4.39 Å². The largest absolute Gasteiger partial charge is 0.294 e. The third-order valence-electron chi connectivity index (χ3n) is 3.51. The Bertz CT molecular complexity index is 693. The second kappa shape index (κ2) is 5.44. The highest BCUT2D eigenvalue weighted by Gasteiger charge is 2.26. The number of carbonyl (C=O) groups excluding carboxylic acids is 1. The molecule has 0 bridgehead atoms. The standard InChI is InChI=1S/C19H21FO/c1-12-6-8-14(15-10-13(2)7-9-17(15)20)16(11-12)18(21)19(3,4)5/h6-11H,1-5H3. The number of halogens is 1. The lowest BCUT2D eigenvalue weighted by Crippen LogP contribution is -2.21. The van der Waals surface area contributed by atoms with Crippen LogP contribution < -0.4 is 0 Å². The molecule has 110 valence electrons. The number of rotatable bonds is 2. The van der Waals surface area contributed by atoms with Gasteiger partial charge in [0.1, 0.15) is 5.82 Å². The first-order valence-electron chi connectivity index (χ1n) is 7.12. The summed E-state index contributed by atoms with van der Waals surface area (Å²) < 4.78 is 14.2. The number of carbonyl (C=O) groups is 1. The van der Waals surface area contributed by atoms with E-state index in [0.717, 1.165) is 11.1 Å². The van der Waals surface area contributed by atoms with Crippen molar-refractivity contribution in [3.8, 4) is 11.1 Å². The molecule has 0 aliphatic rings. The molecule has 0 fully saturated rings. The summed E-state index contributed by atoms with van der Waals surface area (Å²) in [5.41, 5.74) is 3.22. The number of benzene rings is 2. The number of ketones is 1. The van der Waals surface area contributed by atoms with Gasteiger partial charge in [-0.15, -0.1) is 0 Å². The van der Waals surface area contributed by atoms with Crippen LogP contribution in [0.3, 0.4) is 0 Å². The maximum Gasteiger partial charge on any atom is 0.168 e. The zero-order valence-corrected chi connectivity index (χ0v) is 13.3. The molecule has 0 aromatic heterocycles. The van der Waals surface area contributed by atoms with Crippen LogP contribution in [0.4, 0.5) is 4.39 Å². The van der Waals surface area contributed by atoms with Crippen molar-refractivity contribution in [1.82, 2.24) is 0 Å². The molecule has 0 saturated heterocycles. The lowest BCUT2D eigenvalue weighted by molar-refractivity contribution is 0.0859. The second-order valence-corrected chi connectivity index (χ2v) is 6.61. The molecule has 0 radical (unpaired) electrons. The number of hydrogen-bond donors (Lipinski definition) is 0. The van der Waals surface area contributed by atoms with Crippen LogP contribution in [0.1, 0.15) is 42.3 Å². The third kappa shape index (κ3) is 3.21. The summed E-state index contributed by atoms with van der Waals surface area (Å²) in [5, 5.41) is 0. The van der Waals surface area contributed by atoms with E-state index in [1.807, 2.05) is 52.8 Å². The van der Waals surface area contributed by atoms with Crippen molar-refractivity contribution in [2.75, 3.05) is 0 Å². The van der Waals surface area contributed by atoms with Crippen LogP contribution in [0.5, 0.6) is 0 Å². The zero-order chi connectivity index (χ0) is 15.8. The SMILES string of the molecule is Cc1ccc(-c2cc(C)ccc2F)c(C(=O)C(C)(C)C)c1. The maximum absolute atomic E-state index is 14.2. The summed E-state index contributed by atoms with van der Waals surface area (Å²) in [7, 11) is 0. The van der Waals surface area contributed by atoms with Crippen molar-refractivity contribution in [2.24, 2.45) is 5.41 Å². The average Bonchev–Trinajstić information content (AvgIpc) is 2.40. The molecule has 0 amide bonds. The summed E-state index contributed by atoms with van der Waals surface area (Å²) in [5.74, 6) is -0.269. The molecular formula is C19H21FO. The van der Waals surface area contributed by atoms with E-state index in [-0.39, 0.29) is 11.6 Å². The second-order valence-electron chi connectivity index (χ2n) is 6.61. The highest BCUT2D eigenvalue weighted by molar-refractivity contribution is 6.05. The Balaban J connectivity index is 2.70. The fraction of sp³-hybridized carbons (Fsp3) is 0.316. The minimum absolute atomic E-state index is 0.0297. The number of Topliss-reactive ketones (excluding diaryl/α,β-unsaturated/α-hetero) is 1.